The predicted octanol–water partition coefficient (Wildman–Crippen LogP) is 2.06. The van der Waals surface area contributed by atoms with Crippen molar-refractivity contribution in [3.8, 4) is 5.75 Å². The van der Waals surface area contributed by atoms with Gasteiger partial charge in [-0.15, -0.1) is 0 Å². The summed E-state index contributed by atoms with van der Waals surface area (Å²) in [6.07, 6.45) is 0. The van der Waals surface area contributed by atoms with Crippen molar-refractivity contribution in [2.24, 2.45) is 5.73 Å². The molecule has 2 aromatic carbocycles. The third-order valence-electron chi connectivity index (χ3n) is 3.34. The summed E-state index contributed by atoms with van der Waals surface area (Å²) in [6, 6.07) is 17.1. The monoisotopic (exact) mass is 287 g/mol. The van der Waals surface area contributed by atoms with E-state index in [1.54, 1.807) is 7.11 Å². The zero-order chi connectivity index (χ0) is 15.1. The minimum atomic E-state index is -0.918. The van der Waals surface area contributed by atoms with Gasteiger partial charge in [0, 0.05) is 7.11 Å². The number of hydrogen-bond acceptors (Lipinski definition) is 4. The van der Waals surface area contributed by atoms with Crippen LogP contribution < -0.4 is 10.5 Å². The van der Waals surface area contributed by atoms with Gasteiger partial charge in [0.1, 0.15) is 12.4 Å². The molecule has 0 bridgehead atoms. The van der Waals surface area contributed by atoms with Gasteiger partial charge in [0.25, 0.3) is 0 Å². The minimum absolute atomic E-state index is 0.186. The normalized spacial score (nSPS) is 13.7. The smallest absolute Gasteiger partial charge is 0.119 e. The van der Waals surface area contributed by atoms with Crippen molar-refractivity contribution < 1.29 is 14.6 Å². The lowest BCUT2D eigenvalue weighted by Gasteiger charge is -2.27. The molecule has 0 saturated heterocycles. The van der Waals surface area contributed by atoms with Crippen LogP contribution in [0.15, 0.2) is 54.6 Å². The SMILES string of the molecule is COCc1cccc(OCC(N)(CO)c2ccccc2)c1. The number of methoxy groups -OCH3 is 1. The van der Waals surface area contributed by atoms with Gasteiger partial charge >= 0.3 is 0 Å². The first-order chi connectivity index (χ1) is 10.2. The Labute approximate surface area is 125 Å². The molecule has 0 aromatic heterocycles. The highest BCUT2D eigenvalue weighted by atomic mass is 16.5. The molecule has 0 aliphatic rings. The van der Waals surface area contributed by atoms with Crippen LogP contribution in [0.5, 0.6) is 5.75 Å². The quantitative estimate of drug-likeness (QED) is 0.818. The van der Waals surface area contributed by atoms with E-state index in [-0.39, 0.29) is 13.2 Å². The van der Waals surface area contributed by atoms with E-state index in [1.807, 2.05) is 54.6 Å². The van der Waals surface area contributed by atoms with Crippen LogP contribution >= 0.6 is 0 Å². The van der Waals surface area contributed by atoms with Crippen LogP contribution in [0.2, 0.25) is 0 Å². The van der Waals surface area contributed by atoms with Crippen LogP contribution in [0.1, 0.15) is 11.1 Å². The van der Waals surface area contributed by atoms with E-state index < -0.39 is 5.54 Å². The number of aliphatic hydroxyl groups excluding tert-OH is 1. The number of benzene rings is 2. The summed E-state index contributed by atoms with van der Waals surface area (Å²) in [5.74, 6) is 0.712. The summed E-state index contributed by atoms with van der Waals surface area (Å²) in [5, 5.41) is 9.63. The molecule has 21 heavy (non-hydrogen) atoms. The Kier molecular flexibility index (Phi) is 5.33. The average Bonchev–Trinajstić information content (AvgIpc) is 2.54. The number of nitrogens with two attached hydrogens (primary N) is 1. The summed E-state index contributed by atoms with van der Waals surface area (Å²) in [4.78, 5) is 0. The fourth-order valence-corrected chi connectivity index (χ4v) is 2.09. The maximum absolute atomic E-state index is 9.63. The van der Waals surface area contributed by atoms with Crippen LogP contribution in [0, 0.1) is 0 Å². The van der Waals surface area contributed by atoms with Gasteiger partial charge in [-0.2, -0.15) is 0 Å². The van der Waals surface area contributed by atoms with Gasteiger partial charge in [-0.05, 0) is 23.3 Å². The van der Waals surface area contributed by atoms with Gasteiger partial charge in [0.15, 0.2) is 0 Å². The Balaban J connectivity index is 2.08. The van der Waals surface area contributed by atoms with Crippen LogP contribution in [-0.4, -0.2) is 25.4 Å². The molecule has 0 spiro atoms. The predicted molar refractivity (Wildman–Crippen MR) is 82.0 cm³/mol. The van der Waals surface area contributed by atoms with Gasteiger partial charge in [0.05, 0.1) is 18.8 Å². The molecular weight excluding hydrogens is 266 g/mol. The Hall–Kier alpha value is -1.88. The second-order valence-electron chi connectivity index (χ2n) is 5.05. The molecule has 112 valence electrons. The number of aliphatic hydroxyl groups is 1. The zero-order valence-corrected chi connectivity index (χ0v) is 12.2. The Bertz CT molecular complexity index is 559. The molecule has 4 nitrogen and oxygen atoms in total. The van der Waals surface area contributed by atoms with E-state index in [2.05, 4.69) is 0 Å². The number of ether oxygens (including phenoxy) is 2. The fourth-order valence-electron chi connectivity index (χ4n) is 2.09. The second-order valence-corrected chi connectivity index (χ2v) is 5.05. The molecule has 0 aliphatic carbocycles. The van der Waals surface area contributed by atoms with Crippen LogP contribution in [0.3, 0.4) is 0 Å². The fraction of sp³-hybridized carbons (Fsp3) is 0.294. The molecule has 2 aromatic rings. The molecule has 0 heterocycles. The highest BCUT2D eigenvalue weighted by molar-refractivity contribution is 5.29. The topological polar surface area (TPSA) is 64.7 Å². The summed E-state index contributed by atoms with van der Waals surface area (Å²) in [7, 11) is 1.65. The minimum Gasteiger partial charge on any atom is -0.491 e. The van der Waals surface area contributed by atoms with Gasteiger partial charge in [-0.3, -0.25) is 0 Å². The number of hydrogen-bond donors (Lipinski definition) is 2. The summed E-state index contributed by atoms with van der Waals surface area (Å²) in [6.45, 7) is 0.544. The first-order valence-corrected chi connectivity index (χ1v) is 6.84. The van der Waals surface area contributed by atoms with Gasteiger partial charge in [-0.1, -0.05) is 42.5 Å². The lowest BCUT2D eigenvalue weighted by Crippen LogP contribution is -2.46. The Morgan fingerprint density at radius 3 is 2.52 bits per heavy atom. The maximum atomic E-state index is 9.63. The van der Waals surface area contributed by atoms with Gasteiger partial charge in [-0.25, -0.2) is 0 Å². The van der Waals surface area contributed by atoms with Crippen molar-refractivity contribution >= 4 is 0 Å². The van der Waals surface area contributed by atoms with E-state index in [9.17, 15) is 5.11 Å². The van der Waals surface area contributed by atoms with E-state index >= 15 is 0 Å². The van der Waals surface area contributed by atoms with E-state index in [0.29, 0.717) is 12.4 Å². The average molecular weight is 287 g/mol. The zero-order valence-electron chi connectivity index (χ0n) is 12.2. The van der Waals surface area contributed by atoms with E-state index in [0.717, 1.165) is 11.1 Å². The third kappa shape index (κ3) is 4.04. The van der Waals surface area contributed by atoms with Crippen LogP contribution in [-0.2, 0) is 16.9 Å². The highest BCUT2D eigenvalue weighted by Crippen LogP contribution is 2.21. The molecular formula is C17H21NO3. The highest BCUT2D eigenvalue weighted by Gasteiger charge is 2.27. The Morgan fingerprint density at radius 1 is 1.10 bits per heavy atom. The summed E-state index contributed by atoms with van der Waals surface area (Å²) in [5.41, 5.74) is 7.22. The van der Waals surface area contributed by atoms with Crippen molar-refractivity contribution in [2.75, 3.05) is 20.3 Å². The summed E-state index contributed by atoms with van der Waals surface area (Å²) < 4.78 is 10.9. The maximum Gasteiger partial charge on any atom is 0.119 e. The molecule has 3 N–H and O–H groups in total. The van der Waals surface area contributed by atoms with Crippen LogP contribution in [0.25, 0.3) is 0 Å². The number of rotatable bonds is 7. The van der Waals surface area contributed by atoms with Crippen molar-refractivity contribution in [3.05, 3.63) is 65.7 Å². The molecule has 0 fully saturated rings. The molecule has 0 aliphatic heterocycles. The second kappa shape index (κ2) is 7.22. The first-order valence-electron chi connectivity index (χ1n) is 6.84. The lowest BCUT2D eigenvalue weighted by molar-refractivity contribution is 0.132. The molecule has 1 atom stereocenters. The molecule has 4 heteroatoms. The molecule has 1 unspecified atom stereocenters. The largest absolute Gasteiger partial charge is 0.491 e. The van der Waals surface area contributed by atoms with Crippen LogP contribution in [0.4, 0.5) is 0 Å². The molecule has 0 saturated carbocycles. The van der Waals surface area contributed by atoms with Crippen molar-refractivity contribution in [1.82, 2.24) is 0 Å². The van der Waals surface area contributed by atoms with Crippen molar-refractivity contribution in [3.63, 3.8) is 0 Å². The van der Waals surface area contributed by atoms with E-state index in [1.165, 1.54) is 0 Å². The molecule has 0 radical (unpaired) electrons. The van der Waals surface area contributed by atoms with Crippen molar-refractivity contribution in [2.45, 2.75) is 12.1 Å². The van der Waals surface area contributed by atoms with Crippen molar-refractivity contribution in [1.29, 1.82) is 0 Å². The third-order valence-corrected chi connectivity index (χ3v) is 3.34. The van der Waals surface area contributed by atoms with E-state index in [4.69, 9.17) is 15.2 Å². The molecule has 0 amide bonds. The lowest BCUT2D eigenvalue weighted by atomic mass is 9.93. The Morgan fingerprint density at radius 2 is 1.86 bits per heavy atom. The summed E-state index contributed by atoms with van der Waals surface area (Å²) >= 11 is 0. The van der Waals surface area contributed by atoms with Gasteiger partial charge < -0.3 is 20.3 Å². The molecule has 2 rings (SSSR count). The van der Waals surface area contributed by atoms with Gasteiger partial charge in [0.2, 0.25) is 0 Å². The first kappa shape index (κ1) is 15.5. The standard InChI is InChI=1S/C17H21NO3/c1-20-11-14-6-5-9-16(10-14)21-13-17(18,12-19)15-7-3-2-4-8-15/h2-10,19H,11-13,18H2,1H3.